The maximum absolute atomic E-state index is 11.9. The molecule has 3 amide bonds. The van der Waals surface area contributed by atoms with Crippen molar-refractivity contribution in [3.63, 3.8) is 0 Å². The standard InChI is InChI=1S/C13H26N4O2/c1-5-15-12(19)16-11(18)10(2)17-8-6-13(3,14-4)7-9-17/h10,14H,5-9H2,1-4H3,(H2,15,16,18,19). The number of carbonyl (C=O) groups is 2. The minimum atomic E-state index is -0.420. The van der Waals surface area contributed by atoms with Gasteiger partial charge in [0.25, 0.3) is 0 Å². The molecule has 0 bridgehead atoms. The van der Waals surface area contributed by atoms with Crippen LogP contribution in [0.1, 0.15) is 33.6 Å². The Morgan fingerprint density at radius 3 is 2.37 bits per heavy atom. The van der Waals surface area contributed by atoms with Crippen LogP contribution in [0.2, 0.25) is 0 Å². The smallest absolute Gasteiger partial charge is 0.321 e. The summed E-state index contributed by atoms with van der Waals surface area (Å²) in [5.41, 5.74) is 0.159. The number of hydrogen-bond donors (Lipinski definition) is 3. The van der Waals surface area contributed by atoms with E-state index in [2.05, 4.69) is 27.8 Å². The molecule has 1 aliphatic rings. The molecule has 1 atom stereocenters. The van der Waals surface area contributed by atoms with Crippen LogP contribution in [-0.4, -0.2) is 55.1 Å². The minimum Gasteiger partial charge on any atom is -0.338 e. The molecule has 1 heterocycles. The number of imide groups is 1. The molecule has 0 aliphatic carbocycles. The molecule has 1 unspecified atom stereocenters. The van der Waals surface area contributed by atoms with E-state index in [1.807, 2.05) is 20.9 Å². The van der Waals surface area contributed by atoms with Crippen molar-refractivity contribution in [3.8, 4) is 0 Å². The third-order valence-electron chi connectivity index (χ3n) is 4.01. The Hall–Kier alpha value is -1.14. The first kappa shape index (κ1) is 15.9. The average Bonchev–Trinajstić information content (AvgIpc) is 2.39. The van der Waals surface area contributed by atoms with Gasteiger partial charge in [-0.25, -0.2) is 4.79 Å². The minimum absolute atomic E-state index is 0.159. The lowest BCUT2D eigenvalue weighted by molar-refractivity contribution is -0.125. The zero-order chi connectivity index (χ0) is 14.5. The van der Waals surface area contributed by atoms with Gasteiger partial charge in [0, 0.05) is 25.2 Å². The van der Waals surface area contributed by atoms with Crippen molar-refractivity contribution in [2.75, 3.05) is 26.7 Å². The van der Waals surface area contributed by atoms with Crippen molar-refractivity contribution in [2.45, 2.75) is 45.2 Å². The molecule has 110 valence electrons. The summed E-state index contributed by atoms with van der Waals surface area (Å²) in [6.07, 6.45) is 2.00. The van der Waals surface area contributed by atoms with Gasteiger partial charge in [0.15, 0.2) is 0 Å². The third kappa shape index (κ3) is 4.47. The summed E-state index contributed by atoms with van der Waals surface area (Å²) >= 11 is 0. The van der Waals surface area contributed by atoms with Crippen molar-refractivity contribution in [3.05, 3.63) is 0 Å². The van der Waals surface area contributed by atoms with Crippen molar-refractivity contribution in [1.82, 2.24) is 20.9 Å². The lowest BCUT2D eigenvalue weighted by atomic mass is 9.89. The topological polar surface area (TPSA) is 73.5 Å². The Balaban J connectivity index is 2.44. The van der Waals surface area contributed by atoms with Crippen molar-refractivity contribution >= 4 is 11.9 Å². The van der Waals surface area contributed by atoms with E-state index in [1.165, 1.54) is 0 Å². The molecule has 6 nitrogen and oxygen atoms in total. The van der Waals surface area contributed by atoms with Gasteiger partial charge in [-0.3, -0.25) is 15.0 Å². The van der Waals surface area contributed by atoms with Crippen LogP contribution in [0.4, 0.5) is 4.79 Å². The van der Waals surface area contributed by atoms with E-state index in [0.29, 0.717) is 6.54 Å². The van der Waals surface area contributed by atoms with E-state index in [-0.39, 0.29) is 17.5 Å². The van der Waals surface area contributed by atoms with E-state index in [0.717, 1.165) is 25.9 Å². The van der Waals surface area contributed by atoms with Gasteiger partial charge in [0.1, 0.15) is 0 Å². The highest BCUT2D eigenvalue weighted by Gasteiger charge is 2.32. The van der Waals surface area contributed by atoms with Crippen molar-refractivity contribution < 1.29 is 9.59 Å². The van der Waals surface area contributed by atoms with Gasteiger partial charge < -0.3 is 10.6 Å². The van der Waals surface area contributed by atoms with Crippen LogP contribution in [0, 0.1) is 0 Å². The summed E-state index contributed by atoms with van der Waals surface area (Å²) in [6.45, 7) is 8.09. The molecule has 1 saturated heterocycles. The fraction of sp³-hybridized carbons (Fsp3) is 0.846. The first-order chi connectivity index (χ1) is 8.91. The molecule has 0 saturated carbocycles. The molecule has 0 spiro atoms. The Labute approximate surface area is 115 Å². The van der Waals surface area contributed by atoms with E-state index in [9.17, 15) is 9.59 Å². The number of carbonyl (C=O) groups excluding carboxylic acids is 2. The molecule has 3 N–H and O–H groups in total. The lowest BCUT2D eigenvalue weighted by Crippen LogP contribution is -2.56. The number of likely N-dealkylation sites (tertiary alicyclic amines) is 1. The predicted octanol–water partition coefficient (Wildman–Crippen LogP) is 0.295. The van der Waals surface area contributed by atoms with Gasteiger partial charge in [-0.15, -0.1) is 0 Å². The molecule has 1 fully saturated rings. The molecule has 0 radical (unpaired) electrons. The summed E-state index contributed by atoms with van der Waals surface area (Å²) < 4.78 is 0. The van der Waals surface area contributed by atoms with Crippen LogP contribution in [0.3, 0.4) is 0 Å². The normalized spacial score (nSPS) is 20.6. The molecular formula is C13H26N4O2. The van der Waals surface area contributed by atoms with Gasteiger partial charge in [-0.05, 0) is 40.7 Å². The number of hydrogen-bond acceptors (Lipinski definition) is 4. The van der Waals surface area contributed by atoms with E-state index >= 15 is 0 Å². The maximum Gasteiger partial charge on any atom is 0.321 e. The van der Waals surface area contributed by atoms with Crippen molar-refractivity contribution in [2.24, 2.45) is 0 Å². The Bertz CT molecular complexity index is 325. The van der Waals surface area contributed by atoms with Crippen LogP contribution in [0.15, 0.2) is 0 Å². The fourth-order valence-electron chi connectivity index (χ4n) is 2.24. The second-order valence-electron chi connectivity index (χ2n) is 5.37. The second-order valence-corrected chi connectivity index (χ2v) is 5.37. The van der Waals surface area contributed by atoms with Crippen LogP contribution in [-0.2, 0) is 4.79 Å². The number of amides is 3. The highest BCUT2D eigenvalue weighted by Crippen LogP contribution is 2.22. The quantitative estimate of drug-likeness (QED) is 0.687. The molecule has 6 heteroatoms. The zero-order valence-corrected chi connectivity index (χ0v) is 12.4. The number of piperidine rings is 1. The summed E-state index contributed by atoms with van der Waals surface area (Å²) in [4.78, 5) is 25.4. The summed E-state index contributed by atoms with van der Waals surface area (Å²) in [5.74, 6) is -0.237. The fourth-order valence-corrected chi connectivity index (χ4v) is 2.24. The van der Waals surface area contributed by atoms with Gasteiger partial charge in [0.05, 0.1) is 6.04 Å². The Morgan fingerprint density at radius 1 is 1.32 bits per heavy atom. The zero-order valence-electron chi connectivity index (χ0n) is 12.4. The maximum atomic E-state index is 11.9. The van der Waals surface area contributed by atoms with E-state index in [4.69, 9.17) is 0 Å². The van der Waals surface area contributed by atoms with Crippen LogP contribution < -0.4 is 16.0 Å². The Kier molecular flexibility index (Phi) is 5.75. The predicted molar refractivity (Wildman–Crippen MR) is 74.9 cm³/mol. The average molecular weight is 270 g/mol. The highest BCUT2D eigenvalue weighted by atomic mass is 16.2. The summed E-state index contributed by atoms with van der Waals surface area (Å²) in [7, 11) is 1.97. The molecule has 1 aliphatic heterocycles. The molecule has 0 aromatic rings. The third-order valence-corrected chi connectivity index (χ3v) is 4.01. The second kappa shape index (κ2) is 6.86. The van der Waals surface area contributed by atoms with E-state index < -0.39 is 6.03 Å². The van der Waals surface area contributed by atoms with E-state index in [1.54, 1.807) is 0 Å². The number of nitrogens with one attached hydrogen (secondary N) is 3. The molecule has 1 rings (SSSR count). The monoisotopic (exact) mass is 270 g/mol. The van der Waals surface area contributed by atoms with Crippen LogP contribution >= 0.6 is 0 Å². The van der Waals surface area contributed by atoms with Crippen LogP contribution in [0.25, 0.3) is 0 Å². The van der Waals surface area contributed by atoms with Gasteiger partial charge in [-0.2, -0.15) is 0 Å². The molecule has 0 aromatic heterocycles. The first-order valence-electron chi connectivity index (χ1n) is 6.93. The number of nitrogens with zero attached hydrogens (tertiary/aromatic N) is 1. The number of urea groups is 1. The largest absolute Gasteiger partial charge is 0.338 e. The molecular weight excluding hydrogens is 244 g/mol. The van der Waals surface area contributed by atoms with Gasteiger partial charge >= 0.3 is 6.03 Å². The van der Waals surface area contributed by atoms with Gasteiger partial charge in [-0.1, -0.05) is 0 Å². The first-order valence-corrected chi connectivity index (χ1v) is 6.93. The summed E-state index contributed by atoms with van der Waals surface area (Å²) in [5, 5.41) is 8.25. The SMILES string of the molecule is CCNC(=O)NC(=O)C(C)N1CCC(C)(NC)CC1. The highest BCUT2D eigenvalue weighted by molar-refractivity contribution is 5.96. The summed E-state index contributed by atoms with van der Waals surface area (Å²) in [6, 6.07) is -0.694. The van der Waals surface area contributed by atoms with Gasteiger partial charge in [0.2, 0.25) is 5.91 Å². The molecule has 19 heavy (non-hydrogen) atoms. The van der Waals surface area contributed by atoms with Crippen LogP contribution in [0.5, 0.6) is 0 Å². The molecule has 0 aromatic carbocycles. The van der Waals surface area contributed by atoms with Crippen molar-refractivity contribution in [1.29, 1.82) is 0 Å². The number of rotatable bonds is 4. The Morgan fingerprint density at radius 2 is 1.89 bits per heavy atom. The lowest BCUT2D eigenvalue weighted by Gasteiger charge is -2.41.